The van der Waals surface area contributed by atoms with E-state index in [-0.39, 0.29) is 11.9 Å². The molecule has 7 heteroatoms. The van der Waals surface area contributed by atoms with Crippen molar-refractivity contribution in [3.05, 3.63) is 46.1 Å². The minimum atomic E-state index is -0.0499. The summed E-state index contributed by atoms with van der Waals surface area (Å²) in [4.78, 5) is 26.0. The lowest BCUT2D eigenvalue weighted by Gasteiger charge is -2.33. The first-order valence-electron chi connectivity index (χ1n) is 9.84. The fraction of sp³-hybridized carbons (Fsp3) is 0.476. The molecule has 1 aliphatic heterocycles. The monoisotopic (exact) mass is 398 g/mol. The van der Waals surface area contributed by atoms with E-state index in [1.807, 2.05) is 32.9 Å². The van der Waals surface area contributed by atoms with Crippen LogP contribution in [0, 0.1) is 20.8 Å². The fourth-order valence-electron chi connectivity index (χ4n) is 4.08. The van der Waals surface area contributed by atoms with Crippen molar-refractivity contribution in [1.82, 2.24) is 20.2 Å². The van der Waals surface area contributed by atoms with Crippen molar-refractivity contribution in [2.75, 3.05) is 19.6 Å². The zero-order chi connectivity index (χ0) is 19.7. The molecule has 4 rings (SSSR count). The first kappa shape index (κ1) is 19.1. The van der Waals surface area contributed by atoms with Crippen LogP contribution in [0.4, 0.5) is 0 Å². The molecular formula is C21H26N4O2S. The van der Waals surface area contributed by atoms with Crippen LogP contribution in [0.1, 0.15) is 57.8 Å². The number of likely N-dealkylation sites (tertiary alicyclic amines) is 1. The highest BCUT2D eigenvalue weighted by molar-refractivity contribution is 7.20. The number of carbonyl (C=O) groups excluding carboxylic acids is 1. The summed E-state index contributed by atoms with van der Waals surface area (Å²) in [6.07, 6.45) is 5.36. The van der Waals surface area contributed by atoms with Gasteiger partial charge in [-0.2, -0.15) is 0 Å². The summed E-state index contributed by atoms with van der Waals surface area (Å²) >= 11 is 1.44. The number of piperidine rings is 1. The third kappa shape index (κ3) is 3.69. The molecule has 148 valence electrons. The lowest BCUT2D eigenvalue weighted by Crippen LogP contribution is -2.40. The van der Waals surface area contributed by atoms with Crippen LogP contribution in [-0.4, -0.2) is 40.4 Å². The molecule has 1 saturated heterocycles. The molecular weight excluding hydrogens is 372 g/mol. The minimum absolute atomic E-state index is 0.0499. The van der Waals surface area contributed by atoms with Crippen molar-refractivity contribution in [3.63, 3.8) is 0 Å². The molecule has 3 aromatic rings. The van der Waals surface area contributed by atoms with Crippen LogP contribution in [0.5, 0.6) is 0 Å². The number of fused-ring (bicyclic) bond motifs is 1. The van der Waals surface area contributed by atoms with Crippen LogP contribution < -0.4 is 5.32 Å². The second-order valence-corrected chi connectivity index (χ2v) is 8.43. The predicted octanol–water partition coefficient (Wildman–Crippen LogP) is 4.17. The average Bonchev–Trinajstić information content (AvgIpc) is 3.31. The molecule has 4 heterocycles. The lowest BCUT2D eigenvalue weighted by molar-refractivity contribution is 0.0917. The molecule has 0 bridgehead atoms. The number of aromatic nitrogens is 2. The van der Waals surface area contributed by atoms with Crippen LogP contribution in [0.15, 0.2) is 22.8 Å². The largest absolute Gasteiger partial charge is 0.468 e. The van der Waals surface area contributed by atoms with Gasteiger partial charge in [0.15, 0.2) is 0 Å². The van der Waals surface area contributed by atoms with Gasteiger partial charge in [0.05, 0.1) is 17.2 Å². The van der Waals surface area contributed by atoms with Gasteiger partial charge in [0.1, 0.15) is 16.4 Å². The van der Waals surface area contributed by atoms with Crippen molar-refractivity contribution >= 4 is 27.5 Å². The summed E-state index contributed by atoms with van der Waals surface area (Å²) in [5, 5.41) is 4.14. The van der Waals surface area contributed by atoms with Gasteiger partial charge in [-0.3, -0.25) is 9.69 Å². The van der Waals surface area contributed by atoms with E-state index < -0.39 is 0 Å². The molecule has 0 radical (unpaired) electrons. The number of hydrogen-bond donors (Lipinski definition) is 1. The molecule has 28 heavy (non-hydrogen) atoms. The second-order valence-electron chi connectivity index (χ2n) is 7.43. The number of hydrogen-bond acceptors (Lipinski definition) is 6. The van der Waals surface area contributed by atoms with Crippen LogP contribution in [0.25, 0.3) is 10.2 Å². The third-order valence-corrected chi connectivity index (χ3v) is 6.63. The van der Waals surface area contributed by atoms with Gasteiger partial charge in [-0.15, -0.1) is 11.3 Å². The van der Waals surface area contributed by atoms with Crippen molar-refractivity contribution in [3.8, 4) is 0 Å². The van der Waals surface area contributed by atoms with E-state index in [9.17, 15) is 4.79 Å². The number of thiophene rings is 1. The second kappa shape index (κ2) is 8.01. The Morgan fingerprint density at radius 3 is 2.75 bits per heavy atom. The quantitative estimate of drug-likeness (QED) is 0.698. The molecule has 0 spiro atoms. The Hall–Kier alpha value is -2.25. The third-order valence-electron chi connectivity index (χ3n) is 5.45. The van der Waals surface area contributed by atoms with Crippen molar-refractivity contribution in [1.29, 1.82) is 0 Å². The Balaban J connectivity index is 1.55. The summed E-state index contributed by atoms with van der Waals surface area (Å²) in [6, 6.07) is 3.98. The zero-order valence-electron chi connectivity index (χ0n) is 16.6. The highest BCUT2D eigenvalue weighted by Gasteiger charge is 2.26. The normalized spacial score (nSPS) is 16.4. The van der Waals surface area contributed by atoms with Gasteiger partial charge < -0.3 is 9.73 Å². The first-order chi connectivity index (χ1) is 13.5. The molecule has 0 aromatic carbocycles. The van der Waals surface area contributed by atoms with Gasteiger partial charge in [-0.25, -0.2) is 9.97 Å². The van der Waals surface area contributed by atoms with E-state index in [1.165, 1.54) is 30.6 Å². The molecule has 1 fully saturated rings. The summed E-state index contributed by atoms with van der Waals surface area (Å²) in [6.45, 7) is 8.45. The molecule has 1 aliphatic rings. The van der Waals surface area contributed by atoms with Gasteiger partial charge in [0.25, 0.3) is 5.91 Å². The average molecular weight is 399 g/mol. The summed E-state index contributed by atoms with van der Waals surface area (Å²) in [5.74, 6) is 1.60. The van der Waals surface area contributed by atoms with Crippen LogP contribution in [-0.2, 0) is 0 Å². The molecule has 1 amide bonds. The maximum absolute atomic E-state index is 13.0. The molecule has 1 atom stereocenters. The van der Waals surface area contributed by atoms with Gasteiger partial charge in [0, 0.05) is 17.6 Å². The maximum Gasteiger partial charge on any atom is 0.261 e. The predicted molar refractivity (Wildman–Crippen MR) is 111 cm³/mol. The number of aryl methyl sites for hydroxylation is 3. The minimum Gasteiger partial charge on any atom is -0.468 e. The van der Waals surface area contributed by atoms with E-state index in [2.05, 4.69) is 20.2 Å². The summed E-state index contributed by atoms with van der Waals surface area (Å²) in [7, 11) is 0. The Bertz CT molecular complexity index is 974. The van der Waals surface area contributed by atoms with Gasteiger partial charge in [-0.1, -0.05) is 6.42 Å². The number of nitrogens with one attached hydrogen (secondary N) is 1. The van der Waals surface area contributed by atoms with E-state index in [0.717, 1.165) is 51.0 Å². The highest BCUT2D eigenvalue weighted by Crippen LogP contribution is 2.31. The van der Waals surface area contributed by atoms with E-state index in [1.54, 1.807) is 6.26 Å². The van der Waals surface area contributed by atoms with Gasteiger partial charge >= 0.3 is 0 Å². The van der Waals surface area contributed by atoms with Crippen LogP contribution >= 0.6 is 11.3 Å². The smallest absolute Gasteiger partial charge is 0.261 e. The fourth-order valence-corrected chi connectivity index (χ4v) is 5.27. The highest BCUT2D eigenvalue weighted by atomic mass is 32.1. The molecule has 3 aromatic heterocycles. The zero-order valence-corrected chi connectivity index (χ0v) is 17.4. The van der Waals surface area contributed by atoms with Crippen molar-refractivity contribution in [2.24, 2.45) is 0 Å². The van der Waals surface area contributed by atoms with E-state index in [4.69, 9.17) is 4.42 Å². The van der Waals surface area contributed by atoms with Crippen LogP contribution in [0.2, 0.25) is 0 Å². The SMILES string of the molecule is Cc1nc(C)c2c(C)c(C(=O)NCC(c3ccco3)N3CCCCC3)sc2n1. The lowest BCUT2D eigenvalue weighted by atomic mass is 10.1. The molecule has 0 saturated carbocycles. The number of carbonyl (C=O) groups is 1. The summed E-state index contributed by atoms with van der Waals surface area (Å²) in [5.41, 5.74) is 1.89. The van der Waals surface area contributed by atoms with E-state index in [0.29, 0.717) is 6.54 Å². The molecule has 1 unspecified atom stereocenters. The van der Waals surface area contributed by atoms with Crippen molar-refractivity contribution in [2.45, 2.75) is 46.1 Å². The Labute approximate surface area is 169 Å². The summed E-state index contributed by atoms with van der Waals surface area (Å²) < 4.78 is 5.68. The molecule has 1 N–H and O–H groups in total. The van der Waals surface area contributed by atoms with E-state index >= 15 is 0 Å². The van der Waals surface area contributed by atoms with Crippen molar-refractivity contribution < 1.29 is 9.21 Å². The number of rotatable bonds is 5. The van der Waals surface area contributed by atoms with Crippen LogP contribution in [0.3, 0.4) is 0 Å². The molecule has 0 aliphatic carbocycles. The Kier molecular flexibility index (Phi) is 5.46. The Morgan fingerprint density at radius 1 is 1.25 bits per heavy atom. The standard InChI is InChI=1S/C21H26N4O2S/c1-13-18-14(2)23-15(3)24-21(18)28-19(13)20(26)22-12-16(17-8-7-11-27-17)25-9-5-4-6-10-25/h7-8,11,16H,4-6,9-10,12H2,1-3H3,(H,22,26). The first-order valence-corrected chi connectivity index (χ1v) is 10.7. The molecule has 6 nitrogen and oxygen atoms in total. The Morgan fingerprint density at radius 2 is 2.04 bits per heavy atom. The number of nitrogens with zero attached hydrogens (tertiary/aromatic N) is 3. The topological polar surface area (TPSA) is 71.3 Å². The van der Waals surface area contributed by atoms with Gasteiger partial charge in [-0.05, 0) is 64.4 Å². The van der Waals surface area contributed by atoms with Gasteiger partial charge in [0.2, 0.25) is 0 Å². The number of amides is 1. The number of furan rings is 1. The maximum atomic E-state index is 13.0.